The number of aryl methyl sites for hydroxylation is 1. The van der Waals surface area contributed by atoms with Gasteiger partial charge in [0.05, 0.1) is 12.3 Å². The summed E-state index contributed by atoms with van der Waals surface area (Å²) in [7, 11) is 0. The molecule has 1 heterocycles. The molecule has 1 aromatic carbocycles. The normalized spacial score (nSPS) is 12.0. The average Bonchev–Trinajstić information content (AvgIpc) is 2.99. The summed E-state index contributed by atoms with van der Waals surface area (Å²) in [5.41, 5.74) is 2.63. The summed E-state index contributed by atoms with van der Waals surface area (Å²) in [5, 5.41) is 2.83. The van der Waals surface area contributed by atoms with Crippen LogP contribution in [0.5, 0.6) is 0 Å². The molecule has 0 radical (unpaired) electrons. The Morgan fingerprint density at radius 1 is 1.12 bits per heavy atom. The van der Waals surface area contributed by atoms with Crippen LogP contribution in [0.2, 0.25) is 0 Å². The number of hydrogen-bond donors (Lipinski definition) is 1. The third kappa shape index (κ3) is 5.48. The third-order valence-electron chi connectivity index (χ3n) is 3.91. The minimum atomic E-state index is -0.563. The number of amides is 1. The van der Waals surface area contributed by atoms with Gasteiger partial charge in [0.15, 0.2) is 6.61 Å². The van der Waals surface area contributed by atoms with Crippen LogP contribution >= 0.6 is 0 Å². The second kappa shape index (κ2) is 8.51. The van der Waals surface area contributed by atoms with E-state index in [1.165, 1.54) is 17.9 Å². The van der Waals surface area contributed by atoms with Gasteiger partial charge in [-0.15, -0.1) is 0 Å². The maximum atomic E-state index is 12.0. The first-order valence-electron chi connectivity index (χ1n) is 8.46. The minimum absolute atomic E-state index is 0.157. The zero-order chi connectivity index (χ0) is 18.4. The summed E-state index contributed by atoms with van der Waals surface area (Å²) in [6.07, 6.45) is 2.45. The predicted octanol–water partition coefficient (Wildman–Crippen LogP) is 3.82. The van der Waals surface area contributed by atoms with Crippen LogP contribution < -0.4 is 5.32 Å². The lowest BCUT2D eigenvalue weighted by Gasteiger charge is -2.15. The fourth-order valence-corrected chi connectivity index (χ4v) is 2.59. The fraction of sp³-hybridized carbons (Fsp3) is 0.400. The molecule has 1 amide bonds. The lowest BCUT2D eigenvalue weighted by Crippen LogP contribution is -2.31. The van der Waals surface area contributed by atoms with Gasteiger partial charge in [0, 0.05) is 0 Å². The van der Waals surface area contributed by atoms with Gasteiger partial charge in [0.2, 0.25) is 0 Å². The summed E-state index contributed by atoms with van der Waals surface area (Å²) >= 11 is 0. The third-order valence-corrected chi connectivity index (χ3v) is 3.91. The lowest BCUT2D eigenvalue weighted by atomic mass is 10.00. The fourth-order valence-electron chi connectivity index (χ4n) is 2.59. The molecule has 0 fully saturated rings. The Morgan fingerprint density at radius 3 is 2.36 bits per heavy atom. The van der Waals surface area contributed by atoms with E-state index >= 15 is 0 Å². The smallest absolute Gasteiger partial charge is 0.342 e. The van der Waals surface area contributed by atoms with Crippen molar-refractivity contribution in [3.05, 3.63) is 59.0 Å². The Morgan fingerprint density at radius 2 is 1.80 bits per heavy atom. The molecule has 0 spiro atoms. The topological polar surface area (TPSA) is 68.5 Å². The highest BCUT2D eigenvalue weighted by Gasteiger charge is 2.16. The number of hydrogen-bond acceptors (Lipinski definition) is 4. The predicted molar refractivity (Wildman–Crippen MR) is 95.3 cm³/mol. The number of nitrogens with one attached hydrogen (secondary N) is 1. The molecule has 134 valence electrons. The van der Waals surface area contributed by atoms with E-state index in [-0.39, 0.29) is 18.6 Å². The number of ether oxygens (including phenoxy) is 1. The van der Waals surface area contributed by atoms with Crippen molar-refractivity contribution in [2.45, 2.75) is 40.2 Å². The van der Waals surface area contributed by atoms with Crippen molar-refractivity contribution in [3.63, 3.8) is 0 Å². The van der Waals surface area contributed by atoms with Crippen LogP contribution in [-0.2, 0) is 16.0 Å². The van der Waals surface area contributed by atoms with Gasteiger partial charge < -0.3 is 14.5 Å². The summed E-state index contributed by atoms with van der Waals surface area (Å²) in [6, 6.07) is 9.57. The van der Waals surface area contributed by atoms with Crippen LogP contribution in [0.1, 0.15) is 54.1 Å². The quantitative estimate of drug-likeness (QED) is 0.776. The Labute approximate surface area is 148 Å². The van der Waals surface area contributed by atoms with Crippen LogP contribution in [0.4, 0.5) is 0 Å². The number of furan rings is 1. The Balaban J connectivity index is 1.83. The number of carbonyl (C=O) groups is 2. The van der Waals surface area contributed by atoms with Crippen LogP contribution in [0.15, 0.2) is 41.0 Å². The zero-order valence-electron chi connectivity index (χ0n) is 15.2. The molecular weight excluding hydrogens is 318 g/mol. The van der Waals surface area contributed by atoms with E-state index in [9.17, 15) is 9.59 Å². The molecule has 5 nitrogen and oxygen atoms in total. The maximum Gasteiger partial charge on any atom is 0.342 e. The summed E-state index contributed by atoms with van der Waals surface area (Å²) in [6.45, 7) is 7.62. The number of rotatable bonds is 7. The highest BCUT2D eigenvalue weighted by Crippen LogP contribution is 2.15. The first-order valence-corrected chi connectivity index (χ1v) is 8.46. The lowest BCUT2D eigenvalue weighted by molar-refractivity contribution is -0.124. The van der Waals surface area contributed by atoms with E-state index in [2.05, 4.69) is 31.3 Å². The molecule has 0 aliphatic carbocycles. The van der Waals surface area contributed by atoms with Crippen LogP contribution in [0, 0.1) is 12.8 Å². The molecule has 0 saturated carbocycles. The molecule has 1 aromatic heterocycles. The van der Waals surface area contributed by atoms with Gasteiger partial charge >= 0.3 is 5.97 Å². The van der Waals surface area contributed by atoms with Gasteiger partial charge in [-0.05, 0) is 43.4 Å². The molecule has 0 unspecified atom stereocenters. The van der Waals surface area contributed by atoms with Crippen LogP contribution in [0.25, 0.3) is 0 Å². The zero-order valence-corrected chi connectivity index (χ0v) is 15.2. The molecule has 1 N–H and O–H groups in total. The average molecular weight is 343 g/mol. The van der Waals surface area contributed by atoms with Gasteiger partial charge in [-0.1, -0.05) is 38.1 Å². The molecule has 0 aliphatic heterocycles. The minimum Gasteiger partial charge on any atom is -0.469 e. The first-order chi connectivity index (χ1) is 11.9. The SMILES string of the molecule is Cc1occc1C(=O)OCC(=O)N[C@H](C)c1ccc(CC(C)C)cc1. The second-order valence-electron chi connectivity index (χ2n) is 6.60. The highest BCUT2D eigenvalue weighted by molar-refractivity contribution is 5.92. The standard InChI is InChI=1S/C20H25NO4/c1-13(2)11-16-5-7-17(8-6-16)14(3)21-19(22)12-25-20(23)18-9-10-24-15(18)4/h5-10,13-14H,11-12H2,1-4H3,(H,21,22)/t14-/m1/s1. The summed E-state index contributed by atoms with van der Waals surface area (Å²) in [4.78, 5) is 23.8. The van der Waals surface area contributed by atoms with Gasteiger partial charge in [0.1, 0.15) is 11.3 Å². The monoisotopic (exact) mass is 343 g/mol. The largest absolute Gasteiger partial charge is 0.469 e. The maximum absolute atomic E-state index is 12.0. The molecule has 2 aromatic rings. The van der Waals surface area contributed by atoms with Crippen LogP contribution in [0.3, 0.4) is 0 Å². The van der Waals surface area contributed by atoms with Crippen molar-refractivity contribution >= 4 is 11.9 Å². The Kier molecular flexibility index (Phi) is 6.39. The van der Waals surface area contributed by atoms with Gasteiger partial charge in [-0.3, -0.25) is 4.79 Å². The highest BCUT2D eigenvalue weighted by atomic mass is 16.5. The van der Waals surface area contributed by atoms with Crippen molar-refractivity contribution in [2.24, 2.45) is 5.92 Å². The molecule has 0 aliphatic rings. The van der Waals surface area contributed by atoms with Gasteiger partial charge in [-0.25, -0.2) is 4.79 Å². The van der Waals surface area contributed by atoms with E-state index in [1.807, 2.05) is 19.1 Å². The van der Waals surface area contributed by atoms with Crippen molar-refractivity contribution in [2.75, 3.05) is 6.61 Å². The molecule has 1 atom stereocenters. The Bertz CT molecular complexity index is 716. The van der Waals surface area contributed by atoms with Crippen molar-refractivity contribution in [1.82, 2.24) is 5.32 Å². The van der Waals surface area contributed by atoms with Crippen LogP contribution in [-0.4, -0.2) is 18.5 Å². The summed E-state index contributed by atoms with van der Waals surface area (Å²) in [5.74, 6) is 0.178. The van der Waals surface area contributed by atoms with E-state index in [4.69, 9.17) is 9.15 Å². The van der Waals surface area contributed by atoms with E-state index in [0.29, 0.717) is 17.2 Å². The number of benzene rings is 1. The molecule has 0 bridgehead atoms. The van der Waals surface area contributed by atoms with Gasteiger partial charge in [0.25, 0.3) is 5.91 Å². The first kappa shape index (κ1) is 18.8. The van der Waals surface area contributed by atoms with Crippen molar-refractivity contribution in [3.8, 4) is 0 Å². The van der Waals surface area contributed by atoms with E-state index < -0.39 is 5.97 Å². The number of carbonyl (C=O) groups excluding carboxylic acids is 2. The molecule has 5 heteroatoms. The molecule has 2 rings (SSSR count). The van der Waals surface area contributed by atoms with Gasteiger partial charge in [-0.2, -0.15) is 0 Å². The Hall–Kier alpha value is -2.56. The molecule has 0 saturated heterocycles. The number of esters is 1. The second-order valence-corrected chi connectivity index (χ2v) is 6.60. The van der Waals surface area contributed by atoms with Crippen molar-refractivity contribution < 1.29 is 18.7 Å². The van der Waals surface area contributed by atoms with Crippen molar-refractivity contribution in [1.29, 1.82) is 0 Å². The summed E-state index contributed by atoms with van der Waals surface area (Å²) < 4.78 is 10.1. The molecule has 25 heavy (non-hydrogen) atoms. The van der Waals surface area contributed by atoms with E-state index in [1.54, 1.807) is 6.92 Å². The molecular formula is C20H25NO4. The van der Waals surface area contributed by atoms with E-state index in [0.717, 1.165) is 12.0 Å².